The maximum Gasteiger partial charge on any atom is 0.0760 e. The Labute approximate surface area is 398 Å². The minimum Gasteiger partial charge on any atom is -0.310 e. The molecule has 3 aliphatic carbocycles. The van der Waals surface area contributed by atoms with E-state index in [2.05, 4.69) is 255 Å². The number of fused-ring (bicyclic) bond motifs is 18. The van der Waals surface area contributed by atoms with E-state index in [-0.39, 0.29) is 10.8 Å². The van der Waals surface area contributed by atoms with E-state index in [0.717, 1.165) is 5.69 Å². The van der Waals surface area contributed by atoms with Gasteiger partial charge in [-0.15, -0.1) is 0 Å². The highest BCUT2D eigenvalue weighted by molar-refractivity contribution is 6.05. The van der Waals surface area contributed by atoms with Gasteiger partial charge in [0.2, 0.25) is 0 Å². The molecule has 0 fully saturated rings. The summed E-state index contributed by atoms with van der Waals surface area (Å²) < 4.78 is 0. The summed E-state index contributed by atoms with van der Waals surface area (Å²) in [7, 11) is 0. The van der Waals surface area contributed by atoms with E-state index in [4.69, 9.17) is 0 Å². The minimum absolute atomic E-state index is 0.219. The van der Waals surface area contributed by atoms with Crippen molar-refractivity contribution >= 4 is 34.1 Å². The second-order valence-electron chi connectivity index (χ2n) is 20.0. The molecule has 10 aromatic rings. The first kappa shape index (κ1) is 38.0. The van der Waals surface area contributed by atoms with E-state index in [1.807, 2.05) is 0 Å². The van der Waals surface area contributed by atoms with Gasteiger partial charge in [0, 0.05) is 22.1 Å². The van der Waals surface area contributed by atoms with Gasteiger partial charge in [-0.25, -0.2) is 0 Å². The lowest BCUT2D eigenvalue weighted by Gasteiger charge is -2.46. The third-order valence-electron chi connectivity index (χ3n) is 16.6. The molecule has 15 rings (SSSR count). The third kappa shape index (κ3) is 4.45. The SMILES string of the molecule is CC1(C)c2ccccc2-c2ccc3c(c21)C1(C)c2ccccc2-c2cccc(c21)N3c1ccccc1-c1cccc2c1C1(c3ccccc3-2)c2ccccc2N(c2ccccc2)c2ccccc21. The highest BCUT2D eigenvalue weighted by atomic mass is 15.2. The Morgan fingerprint density at radius 1 is 0.250 bits per heavy atom. The average Bonchev–Trinajstić information content (AvgIpc) is 3.94. The van der Waals surface area contributed by atoms with Crippen LogP contribution in [-0.4, -0.2) is 0 Å². The van der Waals surface area contributed by atoms with Gasteiger partial charge in [0.15, 0.2) is 0 Å². The van der Waals surface area contributed by atoms with Crippen LogP contribution in [0, 0.1) is 0 Å². The van der Waals surface area contributed by atoms with Crippen LogP contribution < -0.4 is 9.80 Å². The maximum atomic E-state index is 2.64. The van der Waals surface area contributed by atoms with Crippen LogP contribution in [0.4, 0.5) is 34.1 Å². The van der Waals surface area contributed by atoms with Crippen LogP contribution in [0.2, 0.25) is 0 Å². The van der Waals surface area contributed by atoms with Crippen LogP contribution in [-0.2, 0) is 16.2 Å². The van der Waals surface area contributed by atoms with Gasteiger partial charge >= 0.3 is 0 Å². The summed E-state index contributed by atoms with van der Waals surface area (Å²) in [6.45, 7) is 7.42. The first-order chi connectivity index (χ1) is 33.4. The van der Waals surface area contributed by atoms with E-state index in [1.165, 1.54) is 123 Å². The second-order valence-corrected chi connectivity index (χ2v) is 20.0. The van der Waals surface area contributed by atoms with Gasteiger partial charge in [-0.05, 0) is 138 Å². The summed E-state index contributed by atoms with van der Waals surface area (Å²) in [4.78, 5) is 5.12. The summed E-state index contributed by atoms with van der Waals surface area (Å²) in [5.74, 6) is 0. The Hall–Kier alpha value is -8.20. The van der Waals surface area contributed by atoms with Crippen molar-refractivity contribution in [2.75, 3.05) is 9.80 Å². The quantitative estimate of drug-likeness (QED) is 0.175. The molecule has 2 nitrogen and oxygen atoms in total. The number of hydrogen-bond donors (Lipinski definition) is 0. The number of hydrogen-bond acceptors (Lipinski definition) is 2. The van der Waals surface area contributed by atoms with Gasteiger partial charge in [0.25, 0.3) is 0 Å². The van der Waals surface area contributed by atoms with Crippen molar-refractivity contribution in [1.29, 1.82) is 0 Å². The van der Waals surface area contributed by atoms with Crippen molar-refractivity contribution in [3.05, 3.63) is 275 Å². The summed E-state index contributed by atoms with van der Waals surface area (Å²) in [6.07, 6.45) is 0. The van der Waals surface area contributed by atoms with Crippen molar-refractivity contribution in [3.63, 3.8) is 0 Å². The van der Waals surface area contributed by atoms with E-state index in [9.17, 15) is 0 Å². The minimum atomic E-state index is -0.612. The van der Waals surface area contributed by atoms with E-state index < -0.39 is 5.41 Å². The molecule has 0 saturated carbocycles. The van der Waals surface area contributed by atoms with Crippen LogP contribution in [0.3, 0.4) is 0 Å². The summed E-state index contributed by atoms with van der Waals surface area (Å²) in [6, 6.07) is 84.9. The molecule has 2 aliphatic heterocycles. The van der Waals surface area contributed by atoms with E-state index >= 15 is 0 Å². The molecule has 1 unspecified atom stereocenters. The van der Waals surface area contributed by atoms with Crippen LogP contribution >= 0.6 is 0 Å². The lowest BCUT2D eigenvalue weighted by Crippen LogP contribution is -2.36. The fourth-order valence-corrected chi connectivity index (χ4v) is 14.1. The van der Waals surface area contributed by atoms with Crippen molar-refractivity contribution in [1.82, 2.24) is 0 Å². The Kier molecular flexibility index (Phi) is 7.39. The first-order valence-corrected chi connectivity index (χ1v) is 24.1. The lowest BCUT2D eigenvalue weighted by molar-refractivity contribution is 0.615. The van der Waals surface area contributed by atoms with Crippen molar-refractivity contribution in [2.45, 2.75) is 37.0 Å². The van der Waals surface area contributed by atoms with Crippen LogP contribution in [0.1, 0.15) is 70.8 Å². The topological polar surface area (TPSA) is 6.48 Å². The Morgan fingerprint density at radius 2 is 0.676 bits per heavy atom. The highest BCUT2D eigenvalue weighted by Gasteiger charge is 2.55. The fraction of sp³-hybridized carbons (Fsp3) is 0.0909. The van der Waals surface area contributed by atoms with Crippen molar-refractivity contribution in [2.24, 2.45) is 0 Å². The maximum absolute atomic E-state index is 2.64. The van der Waals surface area contributed by atoms with Gasteiger partial charge in [0.1, 0.15) is 0 Å². The summed E-state index contributed by atoms with van der Waals surface area (Å²) >= 11 is 0. The Morgan fingerprint density at radius 3 is 1.35 bits per heavy atom. The molecule has 2 heteroatoms. The molecular weight excluding hydrogens is 821 g/mol. The zero-order valence-corrected chi connectivity index (χ0v) is 38.3. The predicted octanol–water partition coefficient (Wildman–Crippen LogP) is 16.9. The van der Waals surface area contributed by atoms with Crippen LogP contribution in [0.15, 0.2) is 224 Å². The first-order valence-electron chi connectivity index (χ1n) is 24.1. The number of para-hydroxylation sites is 4. The molecule has 0 aromatic heterocycles. The van der Waals surface area contributed by atoms with Gasteiger partial charge in [-0.3, -0.25) is 0 Å². The average molecular weight is 867 g/mol. The van der Waals surface area contributed by atoms with E-state index in [0.29, 0.717) is 0 Å². The molecule has 320 valence electrons. The molecule has 0 N–H and O–H groups in total. The number of nitrogens with zero attached hydrogens (tertiary/aromatic N) is 2. The normalized spacial score (nSPS) is 17.3. The molecule has 0 saturated heterocycles. The molecule has 0 radical (unpaired) electrons. The van der Waals surface area contributed by atoms with Gasteiger partial charge < -0.3 is 9.80 Å². The summed E-state index contributed by atoms with van der Waals surface area (Å²) in [5.41, 5.74) is 28.6. The number of benzene rings is 10. The molecule has 1 spiro atoms. The summed E-state index contributed by atoms with van der Waals surface area (Å²) in [5, 5.41) is 0. The Balaban J connectivity index is 1.04. The molecule has 10 aromatic carbocycles. The van der Waals surface area contributed by atoms with Crippen molar-refractivity contribution < 1.29 is 0 Å². The standard InChI is InChI=1S/C66H46N2/c1-64(2)50-30-11-7-23-42(50)49-39-40-59-63(62(49)64)65(3)51-31-12-8-24-43(51)47-29-20-38-58(61(47)65)68(59)55-35-16-10-26-45(55)48-28-19-27-46-44-25-9-13-32-52(44)66(60(46)48)53-33-14-17-36-56(53)67(41-21-5-4-6-22-41)57-37-18-15-34-54(57)66/h4-40H,1-3H3. The van der Waals surface area contributed by atoms with Crippen LogP contribution in [0.25, 0.3) is 44.5 Å². The number of anilines is 6. The zero-order chi connectivity index (χ0) is 45.1. The van der Waals surface area contributed by atoms with Gasteiger partial charge in [-0.1, -0.05) is 196 Å². The lowest BCUT2D eigenvalue weighted by atomic mass is 9.63. The second kappa shape index (κ2) is 13.2. The van der Waals surface area contributed by atoms with E-state index in [1.54, 1.807) is 0 Å². The molecule has 1 atom stereocenters. The van der Waals surface area contributed by atoms with Crippen molar-refractivity contribution in [3.8, 4) is 44.5 Å². The Bertz CT molecular complexity index is 3770. The monoisotopic (exact) mass is 866 g/mol. The van der Waals surface area contributed by atoms with Gasteiger partial charge in [0.05, 0.1) is 33.9 Å². The molecule has 5 aliphatic rings. The molecule has 0 amide bonds. The third-order valence-corrected chi connectivity index (χ3v) is 16.6. The molecular formula is C66H46N2. The van der Waals surface area contributed by atoms with Gasteiger partial charge in [-0.2, -0.15) is 0 Å². The molecule has 0 bridgehead atoms. The molecule has 2 heterocycles. The van der Waals surface area contributed by atoms with Crippen LogP contribution in [0.5, 0.6) is 0 Å². The fourth-order valence-electron chi connectivity index (χ4n) is 14.1. The zero-order valence-electron chi connectivity index (χ0n) is 38.3. The largest absolute Gasteiger partial charge is 0.310 e. The highest BCUT2D eigenvalue weighted by Crippen LogP contribution is 2.69. The number of rotatable bonds is 3. The smallest absolute Gasteiger partial charge is 0.0760 e. The molecule has 68 heavy (non-hydrogen) atoms. The predicted molar refractivity (Wildman–Crippen MR) is 281 cm³/mol.